The molecule has 1 aliphatic carbocycles. The molecule has 0 amide bonds. The van der Waals surface area contributed by atoms with Gasteiger partial charge in [0, 0.05) is 25.4 Å². The molecule has 2 fully saturated rings. The van der Waals surface area contributed by atoms with E-state index in [9.17, 15) is 10.2 Å². The molecule has 0 bridgehead atoms. The maximum Gasteiger partial charge on any atom is 0.192 e. The van der Waals surface area contributed by atoms with E-state index in [1.165, 1.54) is 0 Å². The molecule has 6 atom stereocenters. The quantitative estimate of drug-likeness (QED) is 0.350. The Balaban J connectivity index is 2.47. The molecule has 30 heavy (non-hydrogen) atoms. The number of methoxy groups -OCH3 is 1. The molecule has 0 radical (unpaired) electrons. The Bertz CT molecular complexity index is 585. The van der Waals surface area contributed by atoms with Crippen LogP contribution in [0.3, 0.4) is 0 Å². The highest BCUT2D eigenvalue weighted by Crippen LogP contribution is 2.55. The van der Waals surface area contributed by atoms with Gasteiger partial charge in [0.25, 0.3) is 0 Å². The van der Waals surface area contributed by atoms with E-state index < -0.39 is 37.8 Å². The Kier molecular flexibility index (Phi) is 7.60. The van der Waals surface area contributed by atoms with E-state index in [1.54, 1.807) is 7.11 Å². The molecule has 2 aliphatic rings. The lowest BCUT2D eigenvalue weighted by Crippen LogP contribution is -2.70. The average molecular weight is 449 g/mol. The highest BCUT2D eigenvalue weighted by Gasteiger charge is 2.66. The number of aliphatic hydroxyl groups excluding tert-OH is 1. The van der Waals surface area contributed by atoms with E-state index in [1.807, 2.05) is 27.7 Å². The normalized spacial score (nSPS) is 38.0. The summed E-state index contributed by atoms with van der Waals surface area (Å²) < 4.78 is 29.8. The standard InChI is InChI=1S/C22H44O7Si/c1-19(2,3)28-15-11-16(29-30(9,10)20(4,5)6)22(24,13-26-14-25-8)18-21(15,7)12-17(23)27-18/h15-18,23-24H,11-14H2,1-10H3. The molecule has 0 aromatic rings. The zero-order valence-electron chi connectivity index (χ0n) is 20.6. The summed E-state index contributed by atoms with van der Waals surface area (Å²) in [5.41, 5.74) is -2.39. The Morgan fingerprint density at radius 2 is 1.70 bits per heavy atom. The summed E-state index contributed by atoms with van der Waals surface area (Å²) in [6.45, 7) is 19.0. The molecule has 1 saturated carbocycles. The molecule has 0 aromatic carbocycles. The maximum absolute atomic E-state index is 12.0. The van der Waals surface area contributed by atoms with Crippen LogP contribution < -0.4 is 0 Å². The predicted molar refractivity (Wildman–Crippen MR) is 118 cm³/mol. The Hall–Kier alpha value is -0.0631. The molecular formula is C22H44O7Si. The van der Waals surface area contributed by atoms with Gasteiger partial charge in [0.2, 0.25) is 0 Å². The summed E-state index contributed by atoms with van der Waals surface area (Å²) in [7, 11) is -0.679. The van der Waals surface area contributed by atoms with E-state index in [4.69, 9.17) is 23.4 Å². The van der Waals surface area contributed by atoms with Crippen molar-refractivity contribution in [1.29, 1.82) is 0 Å². The summed E-state index contributed by atoms with van der Waals surface area (Å²) in [6, 6.07) is 0. The lowest BCUT2D eigenvalue weighted by molar-refractivity contribution is -0.274. The molecule has 0 spiro atoms. The van der Waals surface area contributed by atoms with Gasteiger partial charge in [-0.25, -0.2) is 0 Å². The fraction of sp³-hybridized carbons (Fsp3) is 1.00. The minimum absolute atomic E-state index is 0.00462. The van der Waals surface area contributed by atoms with E-state index in [2.05, 4.69) is 33.9 Å². The smallest absolute Gasteiger partial charge is 0.192 e. The van der Waals surface area contributed by atoms with Gasteiger partial charge in [0.15, 0.2) is 14.6 Å². The van der Waals surface area contributed by atoms with E-state index in [0.29, 0.717) is 12.8 Å². The molecule has 1 aliphatic heterocycles. The van der Waals surface area contributed by atoms with Crippen LogP contribution in [0.15, 0.2) is 0 Å². The second-order valence-corrected chi connectivity index (χ2v) is 16.5. The van der Waals surface area contributed by atoms with E-state index in [0.717, 1.165) is 0 Å². The van der Waals surface area contributed by atoms with Gasteiger partial charge in [-0.3, -0.25) is 0 Å². The SMILES string of the molecule is COCOCC1(O)C(O[Si](C)(C)C(C)(C)C)CC(OC(C)(C)C)C2(C)CC(O)OC21. The number of fused-ring (bicyclic) bond motifs is 1. The van der Waals surface area contributed by atoms with Crippen molar-refractivity contribution in [2.75, 3.05) is 20.5 Å². The third-order valence-corrected chi connectivity index (χ3v) is 11.4. The number of aliphatic hydroxyl groups is 2. The summed E-state index contributed by atoms with van der Waals surface area (Å²) in [5, 5.41) is 22.4. The molecule has 1 heterocycles. The highest BCUT2D eigenvalue weighted by molar-refractivity contribution is 6.74. The largest absolute Gasteiger partial charge is 0.411 e. The van der Waals surface area contributed by atoms with Crippen molar-refractivity contribution >= 4 is 8.32 Å². The summed E-state index contributed by atoms with van der Waals surface area (Å²) in [4.78, 5) is 0. The number of rotatable bonds is 7. The fourth-order valence-corrected chi connectivity index (χ4v) is 5.78. The highest BCUT2D eigenvalue weighted by atomic mass is 28.4. The molecular weight excluding hydrogens is 404 g/mol. The van der Waals surface area contributed by atoms with Crippen LogP contribution in [0.2, 0.25) is 18.1 Å². The number of hydrogen-bond donors (Lipinski definition) is 2. The molecule has 2 N–H and O–H groups in total. The predicted octanol–water partition coefficient (Wildman–Crippen LogP) is 3.43. The lowest BCUT2D eigenvalue weighted by atomic mass is 9.62. The van der Waals surface area contributed by atoms with Crippen molar-refractivity contribution in [2.45, 2.75) is 115 Å². The van der Waals surface area contributed by atoms with Crippen LogP contribution in [0.4, 0.5) is 0 Å². The van der Waals surface area contributed by atoms with Crippen LogP contribution in [-0.2, 0) is 23.4 Å². The van der Waals surface area contributed by atoms with Crippen molar-refractivity contribution < 1.29 is 33.6 Å². The average Bonchev–Trinajstić information content (AvgIpc) is 2.87. The summed E-state index contributed by atoms with van der Waals surface area (Å²) in [6.07, 6.45) is -1.56. The van der Waals surface area contributed by atoms with Crippen LogP contribution in [0.1, 0.15) is 61.3 Å². The Morgan fingerprint density at radius 1 is 1.10 bits per heavy atom. The van der Waals surface area contributed by atoms with Gasteiger partial charge in [0.1, 0.15) is 18.5 Å². The minimum atomic E-state index is -2.22. The van der Waals surface area contributed by atoms with Crippen molar-refractivity contribution in [3.05, 3.63) is 0 Å². The van der Waals surface area contributed by atoms with Gasteiger partial charge in [-0.2, -0.15) is 0 Å². The van der Waals surface area contributed by atoms with Gasteiger partial charge in [0.05, 0.1) is 24.4 Å². The molecule has 8 heteroatoms. The van der Waals surface area contributed by atoms with Gasteiger partial charge < -0.3 is 33.6 Å². The van der Waals surface area contributed by atoms with Crippen LogP contribution in [0, 0.1) is 5.41 Å². The number of ether oxygens (including phenoxy) is 4. The molecule has 7 nitrogen and oxygen atoms in total. The van der Waals surface area contributed by atoms with Crippen LogP contribution in [0.25, 0.3) is 0 Å². The second kappa shape index (κ2) is 8.70. The van der Waals surface area contributed by atoms with Crippen LogP contribution >= 0.6 is 0 Å². The van der Waals surface area contributed by atoms with Gasteiger partial charge in [-0.05, 0) is 38.9 Å². The lowest BCUT2D eigenvalue weighted by Gasteiger charge is -2.56. The Morgan fingerprint density at radius 3 is 2.20 bits per heavy atom. The Labute approximate surface area is 183 Å². The van der Waals surface area contributed by atoms with Crippen LogP contribution in [-0.4, -0.2) is 74.8 Å². The number of hydrogen-bond acceptors (Lipinski definition) is 7. The van der Waals surface area contributed by atoms with Crippen molar-refractivity contribution in [3.8, 4) is 0 Å². The molecule has 0 aromatic heterocycles. The van der Waals surface area contributed by atoms with Crippen molar-refractivity contribution in [3.63, 3.8) is 0 Å². The molecule has 2 rings (SSSR count). The zero-order valence-corrected chi connectivity index (χ0v) is 21.6. The first-order valence-electron chi connectivity index (χ1n) is 10.9. The monoisotopic (exact) mass is 448 g/mol. The summed E-state index contributed by atoms with van der Waals surface area (Å²) in [5.74, 6) is 0. The fourth-order valence-electron chi connectivity index (χ4n) is 4.42. The molecule has 1 saturated heterocycles. The second-order valence-electron chi connectivity index (χ2n) is 11.7. The third kappa shape index (κ3) is 5.28. The van der Waals surface area contributed by atoms with Gasteiger partial charge >= 0.3 is 0 Å². The first kappa shape index (κ1) is 26.2. The summed E-state index contributed by atoms with van der Waals surface area (Å²) >= 11 is 0. The van der Waals surface area contributed by atoms with E-state index in [-0.39, 0.29) is 30.1 Å². The van der Waals surface area contributed by atoms with Gasteiger partial charge in [-0.1, -0.05) is 27.7 Å². The minimum Gasteiger partial charge on any atom is -0.411 e. The van der Waals surface area contributed by atoms with Gasteiger partial charge in [-0.15, -0.1) is 0 Å². The van der Waals surface area contributed by atoms with Crippen LogP contribution in [0.5, 0.6) is 0 Å². The molecule has 178 valence electrons. The first-order valence-corrected chi connectivity index (χ1v) is 13.9. The van der Waals surface area contributed by atoms with E-state index >= 15 is 0 Å². The third-order valence-electron chi connectivity index (χ3n) is 6.96. The molecule has 6 unspecified atom stereocenters. The topological polar surface area (TPSA) is 86.6 Å². The first-order chi connectivity index (χ1) is 13.5. The zero-order chi connectivity index (χ0) is 23.2. The van der Waals surface area contributed by atoms with Crippen molar-refractivity contribution in [1.82, 2.24) is 0 Å². The van der Waals surface area contributed by atoms with Crippen molar-refractivity contribution in [2.24, 2.45) is 5.41 Å². The maximum atomic E-state index is 12.0.